The van der Waals surface area contributed by atoms with Gasteiger partial charge in [-0.05, 0) is 59.8 Å². The number of carbonyl (C=O) groups excluding carboxylic acids is 3. The van der Waals surface area contributed by atoms with E-state index in [1.807, 2.05) is 13.8 Å². The van der Waals surface area contributed by atoms with Gasteiger partial charge in [0.15, 0.2) is 0 Å². The summed E-state index contributed by atoms with van der Waals surface area (Å²) < 4.78 is 15.4. The Morgan fingerprint density at radius 2 is 1.46 bits per heavy atom. The molecule has 4 N–H and O–H groups in total. The van der Waals surface area contributed by atoms with Crippen molar-refractivity contribution in [2.45, 2.75) is 110 Å². The maximum absolute atomic E-state index is 12.5. The van der Waals surface area contributed by atoms with Crippen LogP contribution in [0.3, 0.4) is 0 Å². The van der Waals surface area contributed by atoms with Gasteiger partial charge in [0.1, 0.15) is 11.2 Å². The molecule has 5 unspecified atom stereocenters. The summed E-state index contributed by atoms with van der Waals surface area (Å²) in [7, 11) is 1.24. The van der Waals surface area contributed by atoms with Gasteiger partial charge in [-0.15, -0.1) is 6.04 Å². The molecule has 0 aromatic carbocycles. The van der Waals surface area contributed by atoms with Crippen molar-refractivity contribution in [1.29, 1.82) is 0 Å². The standard InChI is InChI=1S/C25H45N4O7.Ac/c1-10-14(11-2)12-16(26)18-17(13-15(19(18)30)20(31)34-9)27-21(28-22(32)35-24(3,4)5)29-23(33)36-25(6,7)8;/h14-19,26,30H,10-13H2,1-9H3,(H2,27,28,29,32,33);/q-1;. The van der Waals surface area contributed by atoms with Gasteiger partial charge in [0.25, 0.3) is 0 Å². The quantitative estimate of drug-likeness (QED) is 0.153. The first-order valence-electron chi connectivity index (χ1n) is 12.6. The summed E-state index contributed by atoms with van der Waals surface area (Å²) in [6, 6.07) is -1.47. The van der Waals surface area contributed by atoms with Crippen LogP contribution in [0.2, 0.25) is 0 Å². The van der Waals surface area contributed by atoms with Gasteiger partial charge in [0.05, 0.1) is 25.2 Å². The van der Waals surface area contributed by atoms with Crippen molar-refractivity contribution in [3.63, 3.8) is 0 Å². The smallest absolute Gasteiger partial charge is 0.414 e. The van der Waals surface area contributed by atoms with Crippen LogP contribution in [0.25, 0.3) is 5.73 Å². The molecule has 11 nitrogen and oxygen atoms in total. The van der Waals surface area contributed by atoms with Crippen LogP contribution in [0, 0.1) is 61.8 Å². The number of nitrogens with one attached hydrogen (secondary N) is 3. The van der Waals surface area contributed by atoms with Crippen molar-refractivity contribution >= 4 is 24.1 Å². The van der Waals surface area contributed by atoms with Crippen LogP contribution in [-0.2, 0) is 19.0 Å². The fourth-order valence-corrected chi connectivity index (χ4v) is 4.29. The number of hydrogen-bond donors (Lipinski definition) is 3. The number of amides is 2. The Bertz CT molecular complexity index is 759. The summed E-state index contributed by atoms with van der Waals surface area (Å²) in [4.78, 5) is 41.8. The topological polar surface area (TPSA) is 159 Å². The number of carbonyl (C=O) groups is 3. The average Bonchev–Trinajstić information content (AvgIpc) is 3.03. The van der Waals surface area contributed by atoms with E-state index in [0.717, 1.165) is 12.8 Å². The van der Waals surface area contributed by atoms with Gasteiger partial charge in [0.2, 0.25) is 5.96 Å². The molecule has 12 heteroatoms. The molecule has 5 atom stereocenters. The summed E-state index contributed by atoms with van der Waals surface area (Å²) >= 11 is 0. The molecule has 0 aromatic rings. The number of alkyl carbamates (subject to hydrolysis) is 2. The molecule has 1 radical (unpaired) electrons. The number of guanidine groups is 1. The molecule has 2 amide bonds. The Balaban J connectivity index is 0.0000130. The van der Waals surface area contributed by atoms with E-state index in [-0.39, 0.29) is 62.4 Å². The molecule has 0 spiro atoms. The van der Waals surface area contributed by atoms with Gasteiger partial charge < -0.3 is 25.1 Å². The van der Waals surface area contributed by atoms with Crippen LogP contribution in [-0.4, -0.2) is 65.7 Å². The Kier molecular flexibility index (Phi) is 15.2. The fraction of sp³-hybridized carbons (Fsp3) is 0.840. The van der Waals surface area contributed by atoms with Crippen molar-refractivity contribution in [2.24, 2.45) is 22.7 Å². The number of hydrogen-bond acceptors (Lipinski definition) is 8. The second-order valence-electron chi connectivity index (χ2n) is 11.3. The zero-order valence-electron chi connectivity index (χ0n) is 23.7. The molecule has 1 aliphatic rings. The van der Waals surface area contributed by atoms with Crippen molar-refractivity contribution in [2.75, 3.05) is 7.11 Å². The number of aliphatic hydroxyl groups excluding tert-OH is 1. The first kappa shape index (κ1) is 36.0. The number of methoxy groups -OCH3 is 1. The van der Waals surface area contributed by atoms with Crippen LogP contribution >= 0.6 is 0 Å². The SMILES string of the molecule is CCC(CC)CC([NH-])C1C(N=C(NC(=O)OC(C)(C)C)NC(=O)OC(C)(C)C)CC(C(=O)OC)C1O.[Ac]. The number of aliphatic hydroxyl groups is 1. The molecular weight excluding hydrogens is 695 g/mol. The Labute approximate surface area is 257 Å². The minimum absolute atomic E-state index is 0. The second kappa shape index (κ2) is 15.6. The van der Waals surface area contributed by atoms with Gasteiger partial charge >= 0.3 is 18.2 Å². The van der Waals surface area contributed by atoms with E-state index in [1.165, 1.54) is 7.11 Å². The second-order valence-corrected chi connectivity index (χ2v) is 11.3. The molecule has 0 bridgehead atoms. The molecule has 37 heavy (non-hydrogen) atoms. The Morgan fingerprint density at radius 1 is 1.00 bits per heavy atom. The fourth-order valence-electron chi connectivity index (χ4n) is 4.29. The zero-order chi connectivity index (χ0) is 27.8. The maximum atomic E-state index is 12.5. The first-order chi connectivity index (χ1) is 16.5. The Morgan fingerprint density at radius 3 is 1.84 bits per heavy atom. The summed E-state index contributed by atoms with van der Waals surface area (Å²) in [5.74, 6) is -2.17. The molecule has 211 valence electrons. The van der Waals surface area contributed by atoms with Gasteiger partial charge in [0, 0.05) is 44.1 Å². The molecule has 0 aromatic heterocycles. The minimum atomic E-state index is -1.16. The van der Waals surface area contributed by atoms with E-state index in [1.54, 1.807) is 41.5 Å². The molecule has 1 rings (SSSR count). The normalized spacial score (nSPS) is 22.4. The monoisotopic (exact) mass is 740 g/mol. The van der Waals surface area contributed by atoms with E-state index >= 15 is 0 Å². The van der Waals surface area contributed by atoms with E-state index in [0.29, 0.717) is 6.42 Å². The van der Waals surface area contributed by atoms with E-state index < -0.39 is 59.4 Å². The molecule has 0 saturated heterocycles. The first-order valence-corrected chi connectivity index (χ1v) is 12.6. The van der Waals surface area contributed by atoms with E-state index in [9.17, 15) is 19.5 Å². The third kappa shape index (κ3) is 12.6. The summed E-state index contributed by atoms with van der Waals surface area (Å²) in [6.45, 7) is 14.2. The maximum Gasteiger partial charge on any atom is 0.414 e. The van der Waals surface area contributed by atoms with E-state index in [2.05, 4.69) is 15.6 Å². The number of ether oxygens (including phenoxy) is 3. The van der Waals surface area contributed by atoms with Gasteiger partial charge in [-0.3, -0.25) is 15.4 Å². The van der Waals surface area contributed by atoms with Gasteiger partial charge in [-0.25, -0.2) is 14.6 Å². The largest absolute Gasteiger partial charge is 0.674 e. The van der Waals surface area contributed by atoms with Crippen LogP contribution in [0.4, 0.5) is 9.59 Å². The molecule has 1 saturated carbocycles. The van der Waals surface area contributed by atoms with Crippen molar-refractivity contribution in [3.05, 3.63) is 5.73 Å². The minimum Gasteiger partial charge on any atom is -0.674 e. The molecular formula is C25H45AcN4O7-. The summed E-state index contributed by atoms with van der Waals surface area (Å²) in [5, 5.41) is 15.9. The number of rotatable bonds is 7. The summed E-state index contributed by atoms with van der Waals surface area (Å²) in [5.41, 5.74) is 7.21. The third-order valence-corrected chi connectivity index (χ3v) is 5.99. The number of esters is 1. The third-order valence-electron chi connectivity index (χ3n) is 5.99. The van der Waals surface area contributed by atoms with Crippen molar-refractivity contribution < 1.29 is 77.8 Å². The van der Waals surface area contributed by atoms with Gasteiger partial charge in [-0.2, -0.15) is 0 Å². The molecule has 0 heterocycles. The number of aliphatic imine (C=N–C) groups is 1. The van der Waals surface area contributed by atoms with Crippen LogP contribution in [0.15, 0.2) is 4.99 Å². The average molecular weight is 741 g/mol. The molecule has 1 aliphatic carbocycles. The van der Waals surface area contributed by atoms with Crippen LogP contribution in [0.5, 0.6) is 0 Å². The summed E-state index contributed by atoms with van der Waals surface area (Å²) in [6.07, 6.45) is -0.487. The predicted molar refractivity (Wildman–Crippen MR) is 136 cm³/mol. The van der Waals surface area contributed by atoms with Crippen molar-refractivity contribution in [3.8, 4) is 0 Å². The van der Waals surface area contributed by atoms with E-state index in [4.69, 9.17) is 19.9 Å². The predicted octanol–water partition coefficient (Wildman–Crippen LogP) is 4.18. The van der Waals surface area contributed by atoms with Crippen LogP contribution < -0.4 is 10.6 Å². The molecule has 1 fully saturated rings. The molecule has 0 aliphatic heterocycles. The van der Waals surface area contributed by atoms with Crippen molar-refractivity contribution in [1.82, 2.24) is 10.6 Å². The Hall–Kier alpha value is -0.958. The van der Waals surface area contributed by atoms with Gasteiger partial charge in [-0.1, -0.05) is 33.1 Å². The zero-order valence-corrected chi connectivity index (χ0v) is 28.5. The number of nitrogens with zero attached hydrogens (tertiary/aromatic N) is 1. The van der Waals surface area contributed by atoms with Crippen LogP contribution in [0.1, 0.15) is 81.1 Å².